The van der Waals surface area contributed by atoms with Gasteiger partial charge in [0.2, 0.25) is 6.79 Å². The predicted octanol–water partition coefficient (Wildman–Crippen LogP) is 1.73. The van der Waals surface area contributed by atoms with Crippen molar-refractivity contribution in [3.05, 3.63) is 23.3 Å². The topological polar surface area (TPSA) is 74.2 Å². The number of ether oxygens (including phenoxy) is 4. The van der Waals surface area contributed by atoms with Crippen molar-refractivity contribution in [1.82, 2.24) is 0 Å². The maximum Gasteiger partial charge on any atom is 0.338 e. The van der Waals surface area contributed by atoms with Gasteiger partial charge in [-0.2, -0.15) is 0 Å². The third kappa shape index (κ3) is 2.20. The van der Waals surface area contributed by atoms with Gasteiger partial charge >= 0.3 is 5.97 Å². The molecular formula is C17H20O6. The summed E-state index contributed by atoms with van der Waals surface area (Å²) in [5.41, 5.74) is 0.531. The molecule has 1 aromatic rings. The van der Waals surface area contributed by atoms with Crippen molar-refractivity contribution >= 4 is 5.97 Å². The molecule has 0 unspecified atom stereocenters. The van der Waals surface area contributed by atoms with E-state index in [1.165, 1.54) is 6.92 Å². The van der Waals surface area contributed by atoms with Crippen molar-refractivity contribution in [2.75, 3.05) is 13.4 Å². The number of rotatable bonds is 3. The number of hydrogen-bond acceptors (Lipinski definition) is 6. The molecule has 6 heteroatoms. The molecule has 6 nitrogen and oxygen atoms in total. The molecule has 3 heterocycles. The summed E-state index contributed by atoms with van der Waals surface area (Å²) in [4.78, 5) is 12.2. The fourth-order valence-electron chi connectivity index (χ4n) is 3.83. The van der Waals surface area contributed by atoms with Gasteiger partial charge in [0, 0.05) is 5.92 Å². The van der Waals surface area contributed by atoms with Gasteiger partial charge in [0.05, 0.1) is 18.8 Å². The summed E-state index contributed by atoms with van der Waals surface area (Å²) >= 11 is 0. The van der Waals surface area contributed by atoms with Crippen LogP contribution in [0.2, 0.25) is 0 Å². The fourth-order valence-corrected chi connectivity index (χ4v) is 3.83. The van der Waals surface area contributed by atoms with E-state index in [2.05, 4.69) is 0 Å². The Balaban J connectivity index is 1.70. The van der Waals surface area contributed by atoms with Crippen LogP contribution in [0.3, 0.4) is 0 Å². The Kier molecular flexibility index (Phi) is 3.28. The van der Waals surface area contributed by atoms with Gasteiger partial charge in [0.25, 0.3) is 0 Å². The monoisotopic (exact) mass is 320 g/mol. The van der Waals surface area contributed by atoms with Crippen molar-refractivity contribution < 1.29 is 28.8 Å². The van der Waals surface area contributed by atoms with Gasteiger partial charge in [-0.25, -0.2) is 4.79 Å². The van der Waals surface area contributed by atoms with Crippen LogP contribution in [-0.2, 0) is 20.7 Å². The molecule has 1 aromatic carbocycles. The number of benzene rings is 1. The van der Waals surface area contributed by atoms with Crippen LogP contribution in [0.1, 0.15) is 37.5 Å². The van der Waals surface area contributed by atoms with Gasteiger partial charge < -0.3 is 24.1 Å². The molecule has 1 N–H and O–H groups in total. The predicted molar refractivity (Wildman–Crippen MR) is 79.2 cm³/mol. The molecule has 0 saturated carbocycles. The quantitative estimate of drug-likeness (QED) is 0.855. The lowest BCUT2D eigenvalue weighted by Crippen LogP contribution is -2.45. The number of carbonyl (C=O) groups excluding carboxylic acids is 1. The number of aliphatic hydroxyl groups is 1. The molecule has 2 bridgehead atoms. The van der Waals surface area contributed by atoms with Crippen LogP contribution in [0.25, 0.3) is 0 Å². The molecule has 0 aromatic heterocycles. The van der Waals surface area contributed by atoms with E-state index in [4.69, 9.17) is 18.9 Å². The van der Waals surface area contributed by atoms with Crippen LogP contribution in [0, 0.1) is 5.92 Å². The standard InChI is InChI=1S/C17H20O6/c1-3-20-16(18)17(2,19)12-6-10-4-9-5-13-14(22-8-21-13)7-11(9)15(12)23-10/h5,7,10,12,15,19H,3-4,6,8H2,1-2H3/t10-,12-,15+,17+/m1/s1. The normalized spacial score (nSPS) is 29.8. The zero-order valence-corrected chi connectivity index (χ0v) is 13.2. The average Bonchev–Trinajstić information content (AvgIpc) is 3.10. The molecule has 0 spiro atoms. The van der Waals surface area contributed by atoms with Crippen molar-refractivity contribution in [3.63, 3.8) is 0 Å². The van der Waals surface area contributed by atoms with E-state index in [0.717, 1.165) is 23.3 Å². The van der Waals surface area contributed by atoms with Crippen LogP contribution in [0.4, 0.5) is 0 Å². The minimum Gasteiger partial charge on any atom is -0.464 e. The minimum atomic E-state index is -1.58. The number of hydrogen-bond donors (Lipinski definition) is 1. The van der Waals surface area contributed by atoms with E-state index in [9.17, 15) is 9.90 Å². The Labute approximate surface area is 134 Å². The molecule has 0 aliphatic carbocycles. The lowest BCUT2D eigenvalue weighted by Gasteiger charge is -2.32. The second kappa shape index (κ2) is 5.11. The maximum atomic E-state index is 12.2. The Morgan fingerprint density at radius 1 is 1.39 bits per heavy atom. The van der Waals surface area contributed by atoms with E-state index in [1.807, 2.05) is 12.1 Å². The molecule has 4 atom stereocenters. The van der Waals surface area contributed by atoms with E-state index in [-0.39, 0.29) is 31.5 Å². The highest BCUT2D eigenvalue weighted by atomic mass is 16.7. The van der Waals surface area contributed by atoms with Gasteiger partial charge in [0.15, 0.2) is 17.1 Å². The van der Waals surface area contributed by atoms with Crippen LogP contribution in [-0.4, -0.2) is 36.2 Å². The summed E-state index contributed by atoms with van der Waals surface area (Å²) in [7, 11) is 0. The van der Waals surface area contributed by atoms with Crippen LogP contribution < -0.4 is 9.47 Å². The first-order valence-electron chi connectivity index (χ1n) is 7.98. The zero-order valence-electron chi connectivity index (χ0n) is 13.2. The molecule has 3 aliphatic heterocycles. The summed E-state index contributed by atoms with van der Waals surface area (Å²) in [6, 6.07) is 3.90. The molecule has 4 rings (SSSR count). The molecule has 3 aliphatic rings. The Bertz CT molecular complexity index is 653. The third-order valence-corrected chi connectivity index (χ3v) is 5.02. The number of esters is 1. The first-order chi connectivity index (χ1) is 11.0. The van der Waals surface area contributed by atoms with Gasteiger partial charge in [-0.1, -0.05) is 0 Å². The largest absolute Gasteiger partial charge is 0.464 e. The summed E-state index contributed by atoms with van der Waals surface area (Å²) < 4.78 is 22.0. The second-order valence-electron chi connectivity index (χ2n) is 6.50. The first kappa shape index (κ1) is 14.8. The van der Waals surface area contributed by atoms with Crippen molar-refractivity contribution in [1.29, 1.82) is 0 Å². The fraction of sp³-hybridized carbons (Fsp3) is 0.588. The Morgan fingerprint density at radius 3 is 2.87 bits per heavy atom. The van der Waals surface area contributed by atoms with Crippen LogP contribution in [0.15, 0.2) is 12.1 Å². The highest BCUT2D eigenvalue weighted by molar-refractivity contribution is 5.79. The van der Waals surface area contributed by atoms with Gasteiger partial charge in [-0.15, -0.1) is 0 Å². The Morgan fingerprint density at radius 2 is 2.13 bits per heavy atom. The SMILES string of the molecule is CCOC(=O)[C@@](C)(O)[C@@H]1C[C@H]2Cc3cc4c(cc3[C@@H]1O2)OCO4. The third-order valence-electron chi connectivity index (χ3n) is 5.02. The number of carbonyl (C=O) groups is 1. The minimum absolute atomic E-state index is 0.00114. The summed E-state index contributed by atoms with van der Waals surface area (Å²) in [6.07, 6.45) is 1.03. The molecular weight excluding hydrogens is 300 g/mol. The van der Waals surface area contributed by atoms with E-state index in [1.54, 1.807) is 6.92 Å². The lowest BCUT2D eigenvalue weighted by molar-refractivity contribution is -0.171. The van der Waals surface area contributed by atoms with E-state index < -0.39 is 11.6 Å². The average molecular weight is 320 g/mol. The van der Waals surface area contributed by atoms with E-state index in [0.29, 0.717) is 12.2 Å². The molecule has 124 valence electrons. The van der Waals surface area contributed by atoms with Crippen molar-refractivity contribution in [3.8, 4) is 11.5 Å². The molecule has 23 heavy (non-hydrogen) atoms. The molecule has 0 radical (unpaired) electrons. The van der Waals surface area contributed by atoms with Crippen molar-refractivity contribution in [2.45, 2.75) is 44.5 Å². The van der Waals surface area contributed by atoms with Crippen LogP contribution in [0.5, 0.6) is 11.5 Å². The second-order valence-corrected chi connectivity index (χ2v) is 6.50. The highest BCUT2D eigenvalue weighted by Gasteiger charge is 2.53. The maximum absolute atomic E-state index is 12.2. The van der Waals surface area contributed by atoms with Crippen molar-refractivity contribution in [2.24, 2.45) is 5.92 Å². The van der Waals surface area contributed by atoms with E-state index >= 15 is 0 Å². The Hall–Kier alpha value is -1.79. The lowest BCUT2D eigenvalue weighted by atomic mass is 9.81. The summed E-state index contributed by atoms with van der Waals surface area (Å²) in [5, 5.41) is 10.8. The molecule has 1 saturated heterocycles. The summed E-state index contributed by atoms with van der Waals surface area (Å²) in [5.74, 6) is 0.502. The highest BCUT2D eigenvalue weighted by Crippen LogP contribution is 2.51. The number of fused-ring (bicyclic) bond motifs is 5. The van der Waals surface area contributed by atoms with Gasteiger partial charge in [0.1, 0.15) is 0 Å². The van der Waals surface area contributed by atoms with Gasteiger partial charge in [-0.05, 0) is 49.9 Å². The first-order valence-corrected chi connectivity index (χ1v) is 7.98. The molecule has 1 fully saturated rings. The molecule has 0 amide bonds. The van der Waals surface area contributed by atoms with Gasteiger partial charge in [-0.3, -0.25) is 0 Å². The van der Waals surface area contributed by atoms with Crippen LogP contribution >= 0.6 is 0 Å². The smallest absolute Gasteiger partial charge is 0.338 e. The zero-order chi connectivity index (χ0) is 16.2. The summed E-state index contributed by atoms with van der Waals surface area (Å²) in [6.45, 7) is 3.71.